The average Bonchev–Trinajstić information content (AvgIpc) is 3.41. The Morgan fingerprint density at radius 2 is 1.97 bits per heavy atom. The van der Waals surface area contributed by atoms with Crippen molar-refractivity contribution in [2.45, 2.75) is 44.7 Å². The number of nitrogens with zero attached hydrogens (tertiary/aromatic N) is 3. The molecule has 170 valence electrons. The highest BCUT2D eigenvalue weighted by molar-refractivity contribution is 14.0. The fourth-order valence-electron chi connectivity index (χ4n) is 4.29. The maximum absolute atomic E-state index is 5.47. The van der Waals surface area contributed by atoms with Gasteiger partial charge in [-0.25, -0.2) is 0 Å². The second kappa shape index (κ2) is 12.7. The van der Waals surface area contributed by atoms with Gasteiger partial charge in [0.1, 0.15) is 5.75 Å². The normalized spacial score (nSPS) is 19.3. The predicted molar refractivity (Wildman–Crippen MR) is 136 cm³/mol. The van der Waals surface area contributed by atoms with E-state index >= 15 is 0 Å². The number of hydrogen-bond acceptors (Lipinski definition) is 4. The van der Waals surface area contributed by atoms with E-state index in [1.807, 2.05) is 6.07 Å². The van der Waals surface area contributed by atoms with Gasteiger partial charge < -0.3 is 20.3 Å². The fourth-order valence-corrected chi connectivity index (χ4v) is 4.29. The van der Waals surface area contributed by atoms with Crippen LogP contribution in [0.3, 0.4) is 0 Å². The van der Waals surface area contributed by atoms with Crippen LogP contribution in [-0.4, -0.2) is 75.7 Å². The molecule has 1 saturated heterocycles. The molecule has 1 aromatic carbocycles. The molecule has 1 saturated carbocycles. The summed E-state index contributed by atoms with van der Waals surface area (Å²) in [5, 5.41) is 7.06. The summed E-state index contributed by atoms with van der Waals surface area (Å²) >= 11 is 0. The number of halogens is 1. The van der Waals surface area contributed by atoms with Crippen LogP contribution in [0.1, 0.15) is 44.2 Å². The fraction of sp³-hybridized carbons (Fsp3) is 0.696. The number of likely N-dealkylation sites (N-methyl/N-ethyl adjacent to an activating group) is 1. The van der Waals surface area contributed by atoms with Crippen LogP contribution in [0, 0.1) is 5.92 Å². The number of guanidine groups is 1. The molecular weight excluding hydrogens is 489 g/mol. The molecule has 2 aliphatic rings. The van der Waals surface area contributed by atoms with Gasteiger partial charge in [0.05, 0.1) is 19.7 Å². The van der Waals surface area contributed by atoms with E-state index in [1.54, 1.807) is 7.11 Å². The SMILES string of the molecule is CCNC(=NCC(C1CC1)N(C)C)NCC(c1cccc(OC)c1)N1CCCC1.I. The van der Waals surface area contributed by atoms with E-state index in [4.69, 9.17) is 9.73 Å². The molecule has 0 amide bonds. The summed E-state index contributed by atoms with van der Waals surface area (Å²) in [5.74, 6) is 2.66. The molecule has 7 heteroatoms. The summed E-state index contributed by atoms with van der Waals surface area (Å²) in [7, 11) is 6.08. The first-order chi connectivity index (χ1) is 14.1. The Labute approximate surface area is 199 Å². The van der Waals surface area contributed by atoms with Gasteiger partial charge >= 0.3 is 0 Å². The van der Waals surface area contributed by atoms with Crippen LogP contribution in [0.2, 0.25) is 0 Å². The van der Waals surface area contributed by atoms with Crippen LogP contribution < -0.4 is 15.4 Å². The third-order valence-corrected chi connectivity index (χ3v) is 6.13. The van der Waals surface area contributed by atoms with E-state index in [-0.39, 0.29) is 24.0 Å². The summed E-state index contributed by atoms with van der Waals surface area (Å²) in [6, 6.07) is 9.36. The van der Waals surface area contributed by atoms with E-state index in [0.717, 1.165) is 50.4 Å². The van der Waals surface area contributed by atoms with Gasteiger partial charge in [-0.05, 0) is 83.4 Å². The second-order valence-corrected chi connectivity index (χ2v) is 8.50. The van der Waals surface area contributed by atoms with E-state index in [2.05, 4.69) is 59.7 Å². The minimum Gasteiger partial charge on any atom is -0.497 e. The summed E-state index contributed by atoms with van der Waals surface area (Å²) in [6.45, 7) is 7.00. The molecule has 0 radical (unpaired) electrons. The Hall–Kier alpha value is -1.06. The smallest absolute Gasteiger partial charge is 0.191 e. The van der Waals surface area contributed by atoms with Gasteiger partial charge in [0.25, 0.3) is 0 Å². The average molecular weight is 530 g/mol. The Kier molecular flexibility index (Phi) is 10.7. The molecule has 1 aliphatic heterocycles. The van der Waals surface area contributed by atoms with Crippen LogP contribution in [0.5, 0.6) is 5.75 Å². The molecular formula is C23H40IN5O. The predicted octanol–water partition coefficient (Wildman–Crippen LogP) is 3.35. The minimum absolute atomic E-state index is 0. The maximum Gasteiger partial charge on any atom is 0.191 e. The van der Waals surface area contributed by atoms with Crippen LogP contribution in [0.15, 0.2) is 29.3 Å². The highest BCUT2D eigenvalue weighted by Crippen LogP contribution is 2.34. The molecule has 1 aromatic rings. The van der Waals surface area contributed by atoms with Crippen molar-refractivity contribution in [3.63, 3.8) is 0 Å². The lowest BCUT2D eigenvalue weighted by molar-refractivity contribution is 0.244. The molecule has 0 spiro atoms. The van der Waals surface area contributed by atoms with Crippen LogP contribution in [0.25, 0.3) is 0 Å². The van der Waals surface area contributed by atoms with E-state index < -0.39 is 0 Å². The molecule has 30 heavy (non-hydrogen) atoms. The summed E-state index contributed by atoms with van der Waals surface area (Å²) in [6.07, 6.45) is 5.24. The first-order valence-corrected chi connectivity index (χ1v) is 11.2. The monoisotopic (exact) mass is 529 g/mol. The zero-order valence-electron chi connectivity index (χ0n) is 19.1. The summed E-state index contributed by atoms with van der Waals surface area (Å²) in [4.78, 5) is 9.84. The molecule has 2 N–H and O–H groups in total. The summed E-state index contributed by atoms with van der Waals surface area (Å²) in [5.41, 5.74) is 1.30. The Balaban J connectivity index is 0.00000320. The number of rotatable bonds is 10. The standard InChI is InChI=1S/C23H39N5O.HI/c1-5-24-23(25-16-21(27(2)3)18-11-12-18)26-17-22(28-13-6-7-14-28)19-9-8-10-20(15-19)29-4;/h8-10,15,18,21-22H,5-7,11-14,16-17H2,1-4H3,(H2,24,25,26);1H. The molecule has 2 atom stereocenters. The van der Waals surface area contributed by atoms with Crippen molar-refractivity contribution in [2.24, 2.45) is 10.9 Å². The van der Waals surface area contributed by atoms with Gasteiger partial charge in [0.2, 0.25) is 0 Å². The first-order valence-electron chi connectivity index (χ1n) is 11.2. The zero-order valence-corrected chi connectivity index (χ0v) is 21.4. The lowest BCUT2D eigenvalue weighted by Crippen LogP contribution is -2.43. The van der Waals surface area contributed by atoms with Gasteiger partial charge in [-0.2, -0.15) is 0 Å². The Morgan fingerprint density at radius 1 is 1.23 bits per heavy atom. The number of benzene rings is 1. The number of hydrogen-bond donors (Lipinski definition) is 2. The molecule has 1 heterocycles. The molecule has 0 aromatic heterocycles. The van der Waals surface area contributed by atoms with Gasteiger partial charge in [-0.1, -0.05) is 12.1 Å². The lowest BCUT2D eigenvalue weighted by Gasteiger charge is -2.29. The van der Waals surface area contributed by atoms with Crippen molar-refractivity contribution in [3.05, 3.63) is 29.8 Å². The lowest BCUT2D eigenvalue weighted by atomic mass is 10.1. The Morgan fingerprint density at radius 3 is 2.57 bits per heavy atom. The van der Waals surface area contributed by atoms with Gasteiger partial charge in [0, 0.05) is 19.1 Å². The highest BCUT2D eigenvalue weighted by atomic mass is 127. The van der Waals surface area contributed by atoms with Gasteiger partial charge in [-0.3, -0.25) is 9.89 Å². The molecule has 0 bridgehead atoms. The number of nitrogens with one attached hydrogen (secondary N) is 2. The first kappa shape index (κ1) is 25.2. The van der Waals surface area contributed by atoms with Crippen LogP contribution in [0.4, 0.5) is 0 Å². The topological polar surface area (TPSA) is 52.1 Å². The number of likely N-dealkylation sites (tertiary alicyclic amines) is 1. The van der Waals surface area contributed by atoms with Crippen molar-refractivity contribution < 1.29 is 4.74 Å². The zero-order chi connectivity index (χ0) is 20.6. The van der Waals surface area contributed by atoms with Crippen LogP contribution in [-0.2, 0) is 0 Å². The van der Waals surface area contributed by atoms with E-state index in [1.165, 1.54) is 31.2 Å². The largest absolute Gasteiger partial charge is 0.497 e. The van der Waals surface area contributed by atoms with Gasteiger partial charge in [0.15, 0.2) is 5.96 Å². The Bertz CT molecular complexity index is 657. The van der Waals surface area contributed by atoms with Crippen molar-refractivity contribution >= 4 is 29.9 Å². The van der Waals surface area contributed by atoms with Crippen molar-refractivity contribution in [3.8, 4) is 5.75 Å². The number of ether oxygens (including phenoxy) is 1. The van der Waals surface area contributed by atoms with Crippen molar-refractivity contribution in [1.82, 2.24) is 20.4 Å². The van der Waals surface area contributed by atoms with Crippen molar-refractivity contribution in [1.29, 1.82) is 0 Å². The van der Waals surface area contributed by atoms with Crippen molar-refractivity contribution in [2.75, 3.05) is 53.9 Å². The minimum atomic E-state index is 0. The third-order valence-electron chi connectivity index (χ3n) is 6.13. The van der Waals surface area contributed by atoms with Crippen LogP contribution >= 0.6 is 24.0 Å². The molecule has 2 unspecified atom stereocenters. The summed E-state index contributed by atoms with van der Waals surface area (Å²) < 4.78 is 5.47. The van der Waals surface area contributed by atoms with Gasteiger partial charge in [-0.15, -0.1) is 24.0 Å². The molecule has 6 nitrogen and oxygen atoms in total. The maximum atomic E-state index is 5.47. The number of aliphatic imine (C=N–C) groups is 1. The second-order valence-electron chi connectivity index (χ2n) is 8.50. The van der Waals surface area contributed by atoms with E-state index in [0.29, 0.717) is 12.1 Å². The molecule has 1 aliphatic carbocycles. The van der Waals surface area contributed by atoms with E-state index in [9.17, 15) is 0 Å². The highest BCUT2D eigenvalue weighted by Gasteiger charge is 2.32. The third kappa shape index (κ3) is 7.27. The molecule has 3 rings (SSSR count). The molecule has 2 fully saturated rings. The quantitative estimate of drug-likeness (QED) is 0.277. The number of methoxy groups -OCH3 is 1.